The van der Waals surface area contributed by atoms with E-state index in [-0.39, 0.29) is 6.04 Å². The zero-order valence-electron chi connectivity index (χ0n) is 9.86. The summed E-state index contributed by atoms with van der Waals surface area (Å²) in [6.45, 7) is 3.82. The Morgan fingerprint density at radius 3 is 2.53 bits per heavy atom. The zero-order chi connectivity index (χ0) is 12.3. The normalized spacial score (nSPS) is 11.8. The van der Waals surface area contributed by atoms with Crippen LogP contribution in [-0.2, 0) is 0 Å². The van der Waals surface area contributed by atoms with Gasteiger partial charge in [-0.1, -0.05) is 18.2 Å². The Bertz CT molecular complexity index is 517. The smallest absolute Gasteiger partial charge is 0.143 e. The number of rotatable bonds is 3. The molecule has 0 aliphatic heterocycles. The lowest BCUT2D eigenvalue weighted by Crippen LogP contribution is -2.10. The minimum Gasteiger partial charge on any atom is -0.366 e. The van der Waals surface area contributed by atoms with Crippen molar-refractivity contribution >= 4 is 5.69 Å². The summed E-state index contributed by atoms with van der Waals surface area (Å²) in [4.78, 5) is 0. The minimum atomic E-state index is -0.379. The van der Waals surface area contributed by atoms with E-state index in [0.717, 1.165) is 22.6 Å². The van der Waals surface area contributed by atoms with E-state index in [4.69, 9.17) is 0 Å². The lowest BCUT2D eigenvalue weighted by molar-refractivity contribution is 0.969. The number of nitrogens with one attached hydrogen (secondary N) is 2. The number of benzene rings is 1. The molecule has 1 heterocycles. The number of nitriles is 1. The first-order valence-electron chi connectivity index (χ1n) is 5.45. The van der Waals surface area contributed by atoms with Gasteiger partial charge in [-0.15, -0.1) is 0 Å². The number of aromatic nitrogens is 2. The van der Waals surface area contributed by atoms with Crippen LogP contribution in [0.4, 0.5) is 5.69 Å². The van der Waals surface area contributed by atoms with Gasteiger partial charge in [-0.25, -0.2) is 0 Å². The summed E-state index contributed by atoms with van der Waals surface area (Å²) in [5, 5.41) is 19.5. The summed E-state index contributed by atoms with van der Waals surface area (Å²) < 4.78 is 0. The van der Waals surface area contributed by atoms with E-state index in [0.29, 0.717) is 0 Å². The Morgan fingerprint density at radius 2 is 2.00 bits per heavy atom. The van der Waals surface area contributed by atoms with Gasteiger partial charge in [0.1, 0.15) is 6.04 Å². The van der Waals surface area contributed by atoms with E-state index in [1.54, 1.807) is 0 Å². The van der Waals surface area contributed by atoms with E-state index >= 15 is 0 Å². The molecular weight excluding hydrogens is 212 g/mol. The molecule has 0 fully saturated rings. The van der Waals surface area contributed by atoms with Crippen molar-refractivity contribution in [3.63, 3.8) is 0 Å². The first-order chi connectivity index (χ1) is 8.22. The predicted octanol–water partition coefficient (Wildman–Crippen LogP) is 2.70. The molecule has 17 heavy (non-hydrogen) atoms. The topological polar surface area (TPSA) is 64.5 Å². The second kappa shape index (κ2) is 4.71. The van der Waals surface area contributed by atoms with Crippen LogP contribution in [0.1, 0.15) is 23.0 Å². The molecule has 0 spiro atoms. The van der Waals surface area contributed by atoms with Crippen LogP contribution in [0.2, 0.25) is 0 Å². The Morgan fingerprint density at radius 1 is 1.29 bits per heavy atom. The van der Waals surface area contributed by atoms with Crippen molar-refractivity contribution in [1.82, 2.24) is 10.2 Å². The Hall–Kier alpha value is -2.28. The van der Waals surface area contributed by atoms with Crippen LogP contribution in [0.3, 0.4) is 0 Å². The highest BCUT2D eigenvalue weighted by Gasteiger charge is 2.17. The molecule has 0 saturated heterocycles. The fourth-order valence-electron chi connectivity index (χ4n) is 1.85. The Labute approximate surface area is 100 Å². The van der Waals surface area contributed by atoms with Crippen LogP contribution in [0.15, 0.2) is 30.3 Å². The van der Waals surface area contributed by atoms with Crippen LogP contribution < -0.4 is 5.32 Å². The maximum atomic E-state index is 9.25. The molecule has 0 aliphatic rings. The number of hydrogen-bond donors (Lipinski definition) is 2. The maximum Gasteiger partial charge on any atom is 0.143 e. The third-order valence-electron chi connectivity index (χ3n) is 2.69. The largest absolute Gasteiger partial charge is 0.366 e. The summed E-state index contributed by atoms with van der Waals surface area (Å²) >= 11 is 0. The molecule has 86 valence electrons. The molecule has 4 heteroatoms. The molecule has 1 aromatic heterocycles. The predicted molar refractivity (Wildman–Crippen MR) is 66.5 cm³/mol. The third kappa shape index (κ3) is 2.28. The number of para-hydroxylation sites is 1. The van der Waals surface area contributed by atoms with Gasteiger partial charge in [-0.2, -0.15) is 10.4 Å². The van der Waals surface area contributed by atoms with Gasteiger partial charge >= 0.3 is 0 Å². The third-order valence-corrected chi connectivity index (χ3v) is 2.69. The quantitative estimate of drug-likeness (QED) is 0.845. The van der Waals surface area contributed by atoms with Crippen molar-refractivity contribution in [2.75, 3.05) is 5.32 Å². The van der Waals surface area contributed by atoms with Gasteiger partial charge in [0.05, 0.1) is 11.8 Å². The van der Waals surface area contributed by atoms with E-state index in [1.807, 2.05) is 44.2 Å². The maximum absolute atomic E-state index is 9.25. The van der Waals surface area contributed by atoms with Crippen LogP contribution in [0.5, 0.6) is 0 Å². The highest BCUT2D eigenvalue weighted by Crippen LogP contribution is 2.23. The highest BCUT2D eigenvalue weighted by atomic mass is 15.1. The fourth-order valence-corrected chi connectivity index (χ4v) is 1.85. The number of hydrogen-bond acceptors (Lipinski definition) is 3. The number of nitrogens with zero attached hydrogens (tertiary/aromatic N) is 2. The number of anilines is 1. The fraction of sp³-hybridized carbons (Fsp3) is 0.231. The van der Waals surface area contributed by atoms with Crippen molar-refractivity contribution < 1.29 is 0 Å². The van der Waals surface area contributed by atoms with Gasteiger partial charge in [0.15, 0.2) is 0 Å². The number of H-pyrrole nitrogens is 1. The first-order valence-corrected chi connectivity index (χ1v) is 5.45. The summed E-state index contributed by atoms with van der Waals surface area (Å²) in [6, 6.07) is 11.6. The molecule has 0 amide bonds. The van der Waals surface area contributed by atoms with Crippen molar-refractivity contribution in [3.05, 3.63) is 47.3 Å². The molecule has 1 atom stereocenters. The van der Waals surface area contributed by atoms with Gasteiger partial charge in [-0.3, -0.25) is 5.10 Å². The van der Waals surface area contributed by atoms with Gasteiger partial charge in [0.2, 0.25) is 0 Å². The molecule has 1 unspecified atom stereocenters. The molecule has 4 nitrogen and oxygen atoms in total. The van der Waals surface area contributed by atoms with Crippen molar-refractivity contribution in [3.8, 4) is 6.07 Å². The molecule has 2 aromatic rings. The van der Waals surface area contributed by atoms with Crippen LogP contribution >= 0.6 is 0 Å². The highest BCUT2D eigenvalue weighted by molar-refractivity contribution is 5.48. The van der Waals surface area contributed by atoms with Crippen LogP contribution in [0.25, 0.3) is 0 Å². The summed E-state index contributed by atoms with van der Waals surface area (Å²) in [5.41, 5.74) is 3.64. The van der Waals surface area contributed by atoms with Crippen molar-refractivity contribution in [2.45, 2.75) is 19.9 Å². The molecule has 0 bridgehead atoms. The molecule has 2 N–H and O–H groups in total. The second-order valence-electron chi connectivity index (χ2n) is 3.92. The van der Waals surface area contributed by atoms with Gasteiger partial charge in [0, 0.05) is 16.9 Å². The van der Waals surface area contributed by atoms with Gasteiger partial charge in [-0.05, 0) is 26.0 Å². The van der Waals surface area contributed by atoms with E-state index in [9.17, 15) is 5.26 Å². The standard InChI is InChI=1S/C13H14N4/c1-9-13(10(2)17-16-9)12(8-14)15-11-6-4-3-5-7-11/h3-7,12,15H,1-2H3,(H,16,17). The van der Waals surface area contributed by atoms with Gasteiger partial charge < -0.3 is 5.32 Å². The SMILES string of the molecule is Cc1n[nH]c(C)c1C(C#N)Nc1ccccc1. The molecular formula is C13H14N4. The molecule has 0 aliphatic carbocycles. The average molecular weight is 226 g/mol. The summed E-state index contributed by atoms with van der Waals surface area (Å²) in [6.07, 6.45) is 0. The van der Waals surface area contributed by atoms with E-state index in [1.165, 1.54) is 0 Å². The lowest BCUT2D eigenvalue weighted by atomic mass is 10.1. The Kier molecular flexibility index (Phi) is 3.10. The zero-order valence-corrected chi connectivity index (χ0v) is 9.86. The van der Waals surface area contributed by atoms with E-state index < -0.39 is 0 Å². The molecule has 0 saturated carbocycles. The minimum absolute atomic E-state index is 0.379. The number of aromatic amines is 1. The average Bonchev–Trinajstić information content (AvgIpc) is 2.68. The van der Waals surface area contributed by atoms with Crippen molar-refractivity contribution in [2.24, 2.45) is 0 Å². The van der Waals surface area contributed by atoms with Crippen LogP contribution in [0, 0.1) is 25.2 Å². The summed E-state index contributed by atoms with van der Waals surface area (Å²) in [7, 11) is 0. The first kappa shape index (κ1) is 11.2. The molecule has 2 rings (SSSR count). The monoisotopic (exact) mass is 226 g/mol. The van der Waals surface area contributed by atoms with Crippen LogP contribution in [-0.4, -0.2) is 10.2 Å². The van der Waals surface area contributed by atoms with E-state index in [2.05, 4.69) is 21.6 Å². The molecule has 0 radical (unpaired) electrons. The lowest BCUT2D eigenvalue weighted by Gasteiger charge is -2.13. The van der Waals surface area contributed by atoms with Gasteiger partial charge in [0.25, 0.3) is 0 Å². The summed E-state index contributed by atoms with van der Waals surface area (Å²) in [5.74, 6) is 0. The molecule has 1 aromatic carbocycles. The van der Waals surface area contributed by atoms with Crippen molar-refractivity contribution in [1.29, 1.82) is 5.26 Å². The second-order valence-corrected chi connectivity index (χ2v) is 3.92. The Balaban J connectivity index is 2.27. The number of aryl methyl sites for hydroxylation is 2.